The molecule has 0 aromatic rings. The normalized spacial score (nSPS) is 58.6. The van der Waals surface area contributed by atoms with E-state index in [9.17, 15) is 0 Å². The van der Waals surface area contributed by atoms with E-state index in [1.165, 1.54) is 141 Å². The summed E-state index contributed by atoms with van der Waals surface area (Å²) in [4.78, 5) is 2.76. The van der Waals surface area contributed by atoms with E-state index in [2.05, 4.69) is 91.8 Å². The minimum Gasteiger partial charge on any atom is -0.381 e. The zero-order chi connectivity index (χ0) is 57.7. The summed E-state index contributed by atoms with van der Waals surface area (Å²) in [5, 5.41) is 32.1. The molecule has 5 aliphatic heterocycles. The topological polar surface area (TPSA) is 161 Å². The molecular formula is C69H116N8O8. The zero-order valence-corrected chi connectivity index (χ0v) is 53.7. The molecule has 480 valence electrons. The lowest BCUT2D eigenvalue weighted by Gasteiger charge is -2.57. The molecule has 85 heavy (non-hydrogen) atoms. The largest absolute Gasteiger partial charge is 0.381 e. The molecule has 16 heteroatoms. The van der Waals surface area contributed by atoms with Crippen LogP contribution in [0.15, 0.2) is 0 Å². The van der Waals surface area contributed by atoms with Crippen LogP contribution in [0.25, 0.3) is 0 Å². The van der Waals surface area contributed by atoms with E-state index in [0.717, 1.165) is 35.5 Å². The van der Waals surface area contributed by atoms with Crippen LogP contribution in [-0.4, -0.2) is 167 Å². The molecule has 38 atom stereocenters. The van der Waals surface area contributed by atoms with Crippen molar-refractivity contribution in [1.29, 1.82) is 0 Å². The summed E-state index contributed by atoms with van der Waals surface area (Å²) in [5.74, 6) is 9.45. The van der Waals surface area contributed by atoms with Crippen LogP contribution in [0.4, 0.5) is 0 Å². The molecule has 0 radical (unpaired) electrons. The van der Waals surface area contributed by atoms with Gasteiger partial charge in [0.05, 0.1) is 98.2 Å². The third-order valence-corrected chi connectivity index (χ3v) is 30.0. The molecule has 11 saturated carbocycles. The minimum atomic E-state index is -0.0649. The number of fused-ring (bicyclic) bond motifs is 27. The number of hydrogen-bond donors (Lipinski definition) is 7. The molecular weight excluding hydrogens is 1070 g/mol. The molecule has 11 aliphatic carbocycles. The maximum absolute atomic E-state index is 7.21. The van der Waals surface area contributed by atoms with Crippen molar-refractivity contribution in [2.75, 3.05) is 63.9 Å². The first-order valence-electron chi connectivity index (χ1n) is 36.0. The fourth-order valence-electron chi connectivity index (χ4n) is 27.2. The van der Waals surface area contributed by atoms with Gasteiger partial charge >= 0.3 is 0 Å². The Morgan fingerprint density at radius 3 is 0.647 bits per heavy atom. The average Bonchev–Trinajstić information content (AvgIpc) is 1.76. The second-order valence-electron chi connectivity index (χ2n) is 32.2. The molecule has 16 nitrogen and oxygen atoms in total. The van der Waals surface area contributed by atoms with Gasteiger partial charge in [-0.15, -0.1) is 0 Å². The second kappa shape index (κ2) is 24.0. The number of hydrogen-bond acceptors (Lipinski definition) is 16. The first-order valence-corrected chi connectivity index (χ1v) is 36.0. The summed E-state index contributed by atoms with van der Waals surface area (Å²) in [6.45, 7) is 0. The van der Waals surface area contributed by atoms with Gasteiger partial charge in [-0.2, -0.15) is 0 Å². The smallest absolute Gasteiger partial charge is 0.0678 e. The van der Waals surface area contributed by atoms with Gasteiger partial charge in [0.15, 0.2) is 0 Å². The van der Waals surface area contributed by atoms with Crippen molar-refractivity contribution in [1.82, 2.24) is 42.1 Å². The molecule has 0 aromatic heterocycles. The Balaban J connectivity index is 0.850. The van der Waals surface area contributed by atoms with Crippen LogP contribution in [0.2, 0.25) is 0 Å². The number of rotatable bonds is 8. The SMILES string of the molecule is COC1C2CCCCC2C(OC)C2C3NC(NC4NC(NC5C6C(OC)C7CC8CCCCC8CC7C(OC)C6C(NC6NC(N3)C3C(OC)C7CC8CCCCC8CC7C(OC)C63)N5C)C3C(OC)C5CC6CCCCC6CC5C(OC)C43)C12. The first-order chi connectivity index (χ1) is 41.7. The number of methoxy groups -OCH3 is 8. The van der Waals surface area contributed by atoms with Gasteiger partial charge in [-0.1, -0.05) is 89.9 Å². The van der Waals surface area contributed by atoms with Crippen LogP contribution in [0, 0.1) is 130 Å². The predicted molar refractivity (Wildman–Crippen MR) is 325 cm³/mol. The molecule has 38 unspecified atom stereocenters. The van der Waals surface area contributed by atoms with Gasteiger partial charge in [0.2, 0.25) is 0 Å². The lowest BCUT2D eigenvalue weighted by molar-refractivity contribution is -0.178. The summed E-state index contributed by atoms with van der Waals surface area (Å²) >= 11 is 0. The second-order valence-corrected chi connectivity index (χ2v) is 32.2. The van der Waals surface area contributed by atoms with Gasteiger partial charge in [0.25, 0.3) is 0 Å². The molecule has 5 saturated heterocycles. The Kier molecular flexibility index (Phi) is 16.8. The van der Waals surface area contributed by atoms with Crippen LogP contribution >= 0.6 is 0 Å². The highest BCUT2D eigenvalue weighted by molar-refractivity contribution is 5.20. The average molecular weight is 1190 g/mol. The molecule has 5 heterocycles. The number of nitrogens with zero attached hydrogens (tertiary/aromatic N) is 1. The summed E-state index contributed by atoms with van der Waals surface area (Å²) in [6.07, 6.45) is 29.0. The molecule has 0 spiro atoms. The van der Waals surface area contributed by atoms with E-state index in [-0.39, 0.29) is 146 Å². The Labute approximate surface area is 511 Å². The summed E-state index contributed by atoms with van der Waals surface area (Å²) in [6, 6.07) is 0. The Hall–Kier alpha value is -0.640. The van der Waals surface area contributed by atoms with E-state index < -0.39 is 0 Å². The van der Waals surface area contributed by atoms with Crippen molar-refractivity contribution in [3.8, 4) is 0 Å². The molecule has 16 rings (SSSR count). The van der Waals surface area contributed by atoms with E-state index in [4.69, 9.17) is 37.9 Å². The highest BCUT2D eigenvalue weighted by Gasteiger charge is 2.70. The van der Waals surface area contributed by atoms with Crippen molar-refractivity contribution in [3.05, 3.63) is 0 Å². The Morgan fingerprint density at radius 2 is 0.424 bits per heavy atom. The van der Waals surface area contributed by atoms with Crippen LogP contribution in [0.5, 0.6) is 0 Å². The van der Waals surface area contributed by atoms with E-state index in [1.807, 2.05) is 14.2 Å². The van der Waals surface area contributed by atoms with Crippen molar-refractivity contribution in [3.63, 3.8) is 0 Å². The standard InChI is InChI=1S/C69H116N8O8/c1-77-68-52-53(61(85-9)45-31-37-23-15-14-22-36(37)30-44(45)60(52)84-8)69(77)76-67-51-49(57(81-5)41-27-33-19-11-13-21-35(33)29-43(41)59(51)83-7)65(74-67)72-63-47-46(54(78-2)38-24-16-17-25-39(38)55(47)79-3)62(70-63)71-64-48-50(66(73-64)75-68)58(82-6)42-28-34-20-12-10-18-32(34)26-40(42)56(48)80-4/h32-76H,10-31H2,1-9H3. The fourth-order valence-corrected chi connectivity index (χ4v) is 27.2. The highest BCUT2D eigenvalue weighted by Crippen LogP contribution is 2.62. The van der Waals surface area contributed by atoms with Crippen molar-refractivity contribution in [2.24, 2.45) is 130 Å². The quantitative estimate of drug-likeness (QED) is 0.131. The molecule has 8 bridgehead atoms. The molecule has 0 aromatic carbocycles. The van der Waals surface area contributed by atoms with Gasteiger partial charge < -0.3 is 37.9 Å². The van der Waals surface area contributed by atoms with Crippen molar-refractivity contribution >= 4 is 0 Å². The van der Waals surface area contributed by atoms with E-state index in [0.29, 0.717) is 47.3 Å². The van der Waals surface area contributed by atoms with Gasteiger partial charge in [-0.25, -0.2) is 0 Å². The van der Waals surface area contributed by atoms with Gasteiger partial charge in [0, 0.05) is 104 Å². The zero-order valence-electron chi connectivity index (χ0n) is 53.7. The van der Waals surface area contributed by atoms with Crippen LogP contribution in [-0.2, 0) is 37.9 Å². The van der Waals surface area contributed by atoms with Gasteiger partial charge in [-0.05, 0) is 141 Å². The van der Waals surface area contributed by atoms with Crippen LogP contribution in [0.1, 0.15) is 141 Å². The molecule has 16 fully saturated rings. The molecule has 0 amide bonds. The highest BCUT2D eigenvalue weighted by atomic mass is 16.5. The van der Waals surface area contributed by atoms with Gasteiger partial charge in [0.1, 0.15) is 0 Å². The first kappa shape index (κ1) is 59.4. The van der Waals surface area contributed by atoms with Crippen LogP contribution in [0.3, 0.4) is 0 Å². The van der Waals surface area contributed by atoms with E-state index in [1.54, 1.807) is 0 Å². The minimum absolute atomic E-state index is 0.0149. The van der Waals surface area contributed by atoms with E-state index >= 15 is 0 Å². The Morgan fingerprint density at radius 1 is 0.235 bits per heavy atom. The van der Waals surface area contributed by atoms with Crippen molar-refractivity contribution in [2.45, 2.75) is 239 Å². The third kappa shape index (κ3) is 9.32. The lowest BCUT2D eigenvalue weighted by atomic mass is 9.53. The lowest BCUT2D eigenvalue weighted by Crippen LogP contribution is -2.64. The van der Waals surface area contributed by atoms with Gasteiger partial charge in [-0.3, -0.25) is 42.1 Å². The maximum atomic E-state index is 7.21. The third-order valence-electron chi connectivity index (χ3n) is 30.0. The number of ether oxygens (including phenoxy) is 8. The fraction of sp³-hybridized carbons (Fsp3) is 1.00. The Bertz CT molecular complexity index is 2160. The van der Waals surface area contributed by atoms with Crippen molar-refractivity contribution < 1.29 is 37.9 Å². The van der Waals surface area contributed by atoms with Crippen LogP contribution < -0.4 is 37.2 Å². The summed E-state index contributed by atoms with van der Waals surface area (Å²) in [7, 11) is 18.8. The summed E-state index contributed by atoms with van der Waals surface area (Å²) < 4.78 is 57.1. The summed E-state index contributed by atoms with van der Waals surface area (Å²) in [5.41, 5.74) is 0. The maximum Gasteiger partial charge on any atom is 0.0678 e. The monoisotopic (exact) mass is 1180 g/mol. The predicted octanol–water partition coefficient (Wildman–Crippen LogP) is 7.13. The molecule has 7 N–H and O–H groups in total. The molecule has 16 aliphatic rings. The number of nitrogens with one attached hydrogen (secondary N) is 7.